The molecule has 2 aliphatic rings. The number of fused-ring (bicyclic) bond motifs is 1. The van der Waals surface area contributed by atoms with E-state index in [1.807, 2.05) is 24.3 Å². The third kappa shape index (κ3) is 5.84. The van der Waals surface area contributed by atoms with Gasteiger partial charge in [-0.2, -0.15) is 4.98 Å². The molecule has 2 aliphatic heterocycles. The fourth-order valence-electron chi connectivity index (χ4n) is 5.16. The van der Waals surface area contributed by atoms with Gasteiger partial charge in [0.2, 0.25) is 11.9 Å². The van der Waals surface area contributed by atoms with E-state index in [9.17, 15) is 19.5 Å². The second-order valence-electron chi connectivity index (χ2n) is 10.9. The van der Waals surface area contributed by atoms with Crippen LogP contribution in [0.2, 0.25) is 0 Å². The van der Waals surface area contributed by atoms with Gasteiger partial charge in [-0.05, 0) is 62.6 Å². The summed E-state index contributed by atoms with van der Waals surface area (Å²) in [6.07, 6.45) is 3.81. The molecule has 4 heterocycles. The minimum atomic E-state index is -1.36. The summed E-state index contributed by atoms with van der Waals surface area (Å²) in [5.41, 5.74) is 0.937. The number of likely N-dealkylation sites (tertiary alicyclic amines) is 1. The maximum absolute atomic E-state index is 12.7. The second kappa shape index (κ2) is 11.1. The summed E-state index contributed by atoms with van der Waals surface area (Å²) < 4.78 is 1.67. The van der Waals surface area contributed by atoms with Crippen molar-refractivity contribution in [1.29, 1.82) is 0 Å². The molecule has 0 unspecified atom stereocenters. The molecule has 0 atom stereocenters. The number of anilines is 3. The van der Waals surface area contributed by atoms with E-state index in [2.05, 4.69) is 26.8 Å². The van der Waals surface area contributed by atoms with E-state index in [0.29, 0.717) is 63.3 Å². The fourth-order valence-corrected chi connectivity index (χ4v) is 5.16. The summed E-state index contributed by atoms with van der Waals surface area (Å²) in [4.78, 5) is 51.5. The molecule has 0 aliphatic carbocycles. The predicted molar refractivity (Wildman–Crippen MR) is 153 cm³/mol. The van der Waals surface area contributed by atoms with Crippen LogP contribution in [0.5, 0.6) is 0 Å². The molecule has 11 nitrogen and oxygen atoms in total. The number of carbonyl (C=O) groups excluding carboxylic acids is 2. The molecule has 40 heavy (non-hydrogen) atoms. The van der Waals surface area contributed by atoms with E-state index >= 15 is 0 Å². The normalized spacial score (nSPS) is 16.1. The monoisotopic (exact) mass is 545 g/mol. The van der Waals surface area contributed by atoms with Crippen LogP contribution < -0.4 is 15.8 Å². The highest BCUT2D eigenvalue weighted by Crippen LogP contribution is 2.24. The number of aliphatic hydroxyl groups is 1. The molecule has 210 valence electrons. The molecule has 2 amide bonds. The SMILES string of the molecule is C=CC(=O)N1CC(CCn2c(=O)ccc3cnc(Nc4ccc(N5CCN(C(=O)C(C)(C)O)CC5)cc4)nc32)C1. The molecular formula is C29H35N7O4. The maximum Gasteiger partial charge on any atom is 0.254 e. The molecule has 0 bridgehead atoms. The van der Waals surface area contributed by atoms with Gasteiger partial charge in [0.25, 0.3) is 11.5 Å². The fraction of sp³-hybridized carbons (Fsp3) is 0.414. The largest absolute Gasteiger partial charge is 0.381 e. The highest BCUT2D eigenvalue weighted by Gasteiger charge is 2.31. The number of aryl methyl sites for hydroxylation is 1. The Morgan fingerprint density at radius 1 is 1.07 bits per heavy atom. The van der Waals surface area contributed by atoms with Crippen molar-refractivity contribution < 1.29 is 14.7 Å². The number of piperazine rings is 1. The first-order valence-corrected chi connectivity index (χ1v) is 13.5. The molecule has 3 aromatic rings. The van der Waals surface area contributed by atoms with E-state index in [1.54, 1.807) is 26.6 Å². The summed E-state index contributed by atoms with van der Waals surface area (Å²) in [5, 5.41) is 14.0. The topological polar surface area (TPSA) is 124 Å². The van der Waals surface area contributed by atoms with Crippen molar-refractivity contribution in [3.8, 4) is 0 Å². The summed E-state index contributed by atoms with van der Waals surface area (Å²) in [6, 6.07) is 11.2. The van der Waals surface area contributed by atoms with E-state index in [-0.39, 0.29) is 17.4 Å². The van der Waals surface area contributed by atoms with E-state index in [4.69, 9.17) is 0 Å². The Balaban J connectivity index is 1.22. The Hall–Kier alpha value is -4.25. The zero-order chi connectivity index (χ0) is 28.4. The number of rotatable bonds is 8. The van der Waals surface area contributed by atoms with Gasteiger partial charge in [0.15, 0.2) is 0 Å². The number of amides is 2. The molecule has 0 radical (unpaired) electrons. The third-order valence-corrected chi connectivity index (χ3v) is 7.51. The van der Waals surface area contributed by atoms with Gasteiger partial charge in [-0.3, -0.25) is 19.0 Å². The Morgan fingerprint density at radius 3 is 2.42 bits per heavy atom. The Kier molecular flexibility index (Phi) is 7.57. The van der Waals surface area contributed by atoms with Gasteiger partial charge < -0.3 is 25.1 Å². The molecule has 2 fully saturated rings. The number of hydrogen-bond acceptors (Lipinski definition) is 8. The van der Waals surface area contributed by atoms with E-state index in [0.717, 1.165) is 23.2 Å². The van der Waals surface area contributed by atoms with Crippen LogP contribution >= 0.6 is 0 Å². The molecule has 1 aromatic carbocycles. The first-order valence-electron chi connectivity index (χ1n) is 13.5. The van der Waals surface area contributed by atoms with Gasteiger partial charge in [0.1, 0.15) is 11.2 Å². The summed E-state index contributed by atoms with van der Waals surface area (Å²) in [7, 11) is 0. The zero-order valence-corrected chi connectivity index (χ0v) is 22.9. The number of nitrogens with one attached hydrogen (secondary N) is 1. The molecule has 0 saturated carbocycles. The third-order valence-electron chi connectivity index (χ3n) is 7.51. The Morgan fingerprint density at radius 2 is 1.77 bits per heavy atom. The standard InChI is InChI=1S/C29H35N7O4/c1-4-24(37)35-18-20(19-35)11-12-36-25(38)10-5-21-17-30-28(32-26(21)36)31-22-6-8-23(9-7-22)33-13-15-34(16-14-33)27(39)29(2,3)40/h4-10,17,20,40H,1,11-16,18-19H2,2-3H3,(H,30,31,32). The number of carbonyl (C=O) groups is 2. The van der Waals surface area contributed by atoms with Crippen LogP contribution in [0, 0.1) is 5.92 Å². The van der Waals surface area contributed by atoms with Crippen LogP contribution in [-0.2, 0) is 16.1 Å². The lowest BCUT2D eigenvalue weighted by atomic mass is 9.96. The van der Waals surface area contributed by atoms with E-state index < -0.39 is 5.60 Å². The van der Waals surface area contributed by atoms with Crippen molar-refractivity contribution in [2.75, 3.05) is 49.5 Å². The first kappa shape index (κ1) is 27.3. The Labute approximate surface area is 232 Å². The van der Waals surface area contributed by atoms with Gasteiger partial charge in [-0.25, -0.2) is 4.98 Å². The van der Waals surface area contributed by atoms with Crippen LogP contribution in [0.15, 0.2) is 60.0 Å². The predicted octanol–water partition coefficient (Wildman–Crippen LogP) is 1.99. The van der Waals surface area contributed by atoms with Crippen molar-refractivity contribution in [2.24, 2.45) is 5.92 Å². The lowest BCUT2D eigenvalue weighted by molar-refractivity contribution is -0.148. The lowest BCUT2D eigenvalue weighted by Crippen LogP contribution is -2.54. The van der Waals surface area contributed by atoms with E-state index in [1.165, 1.54) is 26.0 Å². The number of hydrogen-bond donors (Lipinski definition) is 2. The van der Waals surface area contributed by atoms with Gasteiger partial charge in [-0.15, -0.1) is 0 Å². The minimum absolute atomic E-state index is 0.0590. The van der Waals surface area contributed by atoms with Crippen LogP contribution in [0.25, 0.3) is 11.0 Å². The molecule has 5 rings (SSSR count). The molecule has 11 heteroatoms. The van der Waals surface area contributed by atoms with Crippen molar-refractivity contribution in [3.63, 3.8) is 0 Å². The number of pyridine rings is 1. The molecule has 2 N–H and O–H groups in total. The van der Waals surface area contributed by atoms with Crippen LogP contribution in [0.1, 0.15) is 20.3 Å². The first-order chi connectivity index (χ1) is 19.1. The number of nitrogens with zero attached hydrogens (tertiary/aromatic N) is 6. The smallest absolute Gasteiger partial charge is 0.254 e. The van der Waals surface area contributed by atoms with Gasteiger partial charge in [-0.1, -0.05) is 6.58 Å². The highest BCUT2D eigenvalue weighted by atomic mass is 16.3. The molecule has 2 saturated heterocycles. The van der Waals surface area contributed by atoms with Crippen molar-refractivity contribution in [1.82, 2.24) is 24.3 Å². The van der Waals surface area contributed by atoms with Crippen molar-refractivity contribution >= 4 is 40.2 Å². The second-order valence-corrected chi connectivity index (χ2v) is 10.9. The van der Waals surface area contributed by atoms with Gasteiger partial charge >= 0.3 is 0 Å². The average Bonchev–Trinajstić information content (AvgIpc) is 2.92. The highest BCUT2D eigenvalue weighted by molar-refractivity contribution is 5.87. The molecule has 2 aromatic heterocycles. The quantitative estimate of drug-likeness (QED) is 0.412. The maximum atomic E-state index is 12.7. The van der Waals surface area contributed by atoms with Crippen LogP contribution in [-0.4, -0.2) is 86.1 Å². The zero-order valence-electron chi connectivity index (χ0n) is 22.9. The molecular weight excluding hydrogens is 510 g/mol. The molecule has 0 spiro atoms. The average molecular weight is 546 g/mol. The van der Waals surface area contributed by atoms with Crippen LogP contribution in [0.4, 0.5) is 17.3 Å². The van der Waals surface area contributed by atoms with Crippen LogP contribution in [0.3, 0.4) is 0 Å². The summed E-state index contributed by atoms with van der Waals surface area (Å²) >= 11 is 0. The lowest BCUT2D eigenvalue weighted by Gasteiger charge is -2.38. The number of benzene rings is 1. The van der Waals surface area contributed by atoms with Crippen molar-refractivity contribution in [3.05, 3.63) is 65.6 Å². The van der Waals surface area contributed by atoms with Crippen molar-refractivity contribution in [2.45, 2.75) is 32.4 Å². The number of aromatic nitrogens is 3. The Bertz CT molecular complexity index is 1460. The van der Waals surface area contributed by atoms with Gasteiger partial charge in [0, 0.05) is 74.8 Å². The van der Waals surface area contributed by atoms with Gasteiger partial charge in [0.05, 0.1) is 0 Å². The summed E-state index contributed by atoms with van der Waals surface area (Å²) in [6.45, 7) is 10.9. The summed E-state index contributed by atoms with van der Waals surface area (Å²) in [5.74, 6) is 0.428. The minimum Gasteiger partial charge on any atom is -0.381 e.